The van der Waals surface area contributed by atoms with Crippen LogP contribution in [0.4, 0.5) is 0 Å². The molecule has 31 heavy (non-hydrogen) atoms. The predicted octanol–water partition coefficient (Wildman–Crippen LogP) is 2.49. The number of phenols is 1. The van der Waals surface area contributed by atoms with Crippen molar-refractivity contribution >= 4 is 15.9 Å². The second-order valence-electron chi connectivity index (χ2n) is 7.42. The van der Waals surface area contributed by atoms with Gasteiger partial charge < -0.3 is 29.8 Å². The van der Waals surface area contributed by atoms with Gasteiger partial charge in [0.1, 0.15) is 6.07 Å². The molecule has 10 heteroatoms. The first kappa shape index (κ1) is 19.8. The van der Waals surface area contributed by atoms with Gasteiger partial charge in [-0.2, -0.15) is 5.26 Å². The van der Waals surface area contributed by atoms with Crippen LogP contribution in [0.25, 0.3) is 0 Å². The lowest BCUT2D eigenvalue weighted by molar-refractivity contribution is 0.0340. The van der Waals surface area contributed by atoms with E-state index in [4.69, 9.17) is 24.7 Å². The van der Waals surface area contributed by atoms with Gasteiger partial charge in [0.05, 0.1) is 23.2 Å². The molecule has 2 aromatic rings. The summed E-state index contributed by atoms with van der Waals surface area (Å²) < 4.78 is 22.6. The highest BCUT2D eigenvalue weighted by atomic mass is 79.9. The van der Waals surface area contributed by atoms with E-state index >= 15 is 0 Å². The maximum atomic E-state index is 10.3. The van der Waals surface area contributed by atoms with Crippen LogP contribution in [0, 0.1) is 17.2 Å². The highest BCUT2D eigenvalue weighted by molar-refractivity contribution is 9.10. The van der Waals surface area contributed by atoms with Crippen molar-refractivity contribution in [2.24, 2.45) is 11.7 Å². The van der Waals surface area contributed by atoms with Gasteiger partial charge in [0.15, 0.2) is 29.2 Å². The Bertz CT molecular complexity index is 1130. The molecule has 1 fully saturated rings. The van der Waals surface area contributed by atoms with E-state index in [-0.39, 0.29) is 30.4 Å². The van der Waals surface area contributed by atoms with Crippen LogP contribution in [0.3, 0.4) is 0 Å². The van der Waals surface area contributed by atoms with Gasteiger partial charge in [0.25, 0.3) is 0 Å². The van der Waals surface area contributed by atoms with Crippen LogP contribution in [0.2, 0.25) is 0 Å². The van der Waals surface area contributed by atoms with Crippen molar-refractivity contribution in [2.45, 2.75) is 18.2 Å². The Kier molecular flexibility index (Phi) is 4.81. The number of halogens is 1. The Morgan fingerprint density at radius 1 is 1.19 bits per heavy atom. The number of ether oxygens (including phenoxy) is 4. The molecule has 0 aromatic heterocycles. The number of nitriles is 1. The second-order valence-corrected chi connectivity index (χ2v) is 8.27. The Labute approximate surface area is 186 Å². The van der Waals surface area contributed by atoms with Crippen molar-refractivity contribution < 1.29 is 24.1 Å². The number of hydrogen-bond acceptors (Lipinski definition) is 9. The number of allylic oxidation sites excluding steroid dienone is 1. The second kappa shape index (κ2) is 7.53. The van der Waals surface area contributed by atoms with Gasteiger partial charge in [-0.15, -0.1) is 0 Å². The molecule has 2 aromatic carbocycles. The number of nitrogens with zero attached hydrogens (tertiary/aromatic N) is 1. The lowest BCUT2D eigenvalue weighted by atomic mass is 9.74. The summed E-state index contributed by atoms with van der Waals surface area (Å²) in [5, 5.41) is 20.2. The largest absolute Gasteiger partial charge is 0.503 e. The third-order valence-electron chi connectivity index (χ3n) is 5.84. The Balaban J connectivity index is 1.63. The number of aromatic hydroxyl groups is 1. The first-order valence-corrected chi connectivity index (χ1v) is 10.3. The van der Waals surface area contributed by atoms with E-state index in [0.29, 0.717) is 27.3 Å². The minimum atomic E-state index is -0.476. The van der Waals surface area contributed by atoms with E-state index in [1.807, 2.05) is 18.2 Å². The first-order valence-electron chi connectivity index (χ1n) is 9.55. The SMILES string of the molecule is COc1cc(C2C(C#N)=C(N)OC3NNC(c4ccc5c(c4)OCO5)C32)cc(Br)c1O. The highest BCUT2D eigenvalue weighted by Crippen LogP contribution is 2.50. The molecule has 5 rings (SSSR count). The Hall–Kier alpha value is -3.13. The summed E-state index contributed by atoms with van der Waals surface area (Å²) in [6, 6.07) is 11.2. The third kappa shape index (κ3) is 3.13. The Morgan fingerprint density at radius 2 is 2.00 bits per heavy atom. The van der Waals surface area contributed by atoms with Gasteiger partial charge >= 0.3 is 0 Å². The first-order chi connectivity index (χ1) is 15.0. The molecule has 5 N–H and O–H groups in total. The van der Waals surface area contributed by atoms with Gasteiger partial charge in [-0.25, -0.2) is 10.9 Å². The zero-order valence-corrected chi connectivity index (χ0v) is 18.0. The molecule has 9 nitrogen and oxygen atoms in total. The molecule has 3 aliphatic rings. The molecule has 4 unspecified atom stereocenters. The molecule has 0 saturated carbocycles. The minimum Gasteiger partial charge on any atom is -0.503 e. The van der Waals surface area contributed by atoms with Crippen LogP contribution in [-0.4, -0.2) is 25.2 Å². The fourth-order valence-electron chi connectivity index (χ4n) is 4.42. The number of phenolic OH excluding ortho intramolecular Hbond substituents is 1. The quantitative estimate of drug-likeness (QED) is 0.516. The highest BCUT2D eigenvalue weighted by Gasteiger charge is 2.49. The summed E-state index contributed by atoms with van der Waals surface area (Å²) in [7, 11) is 1.47. The number of benzene rings is 2. The normalized spacial score (nSPS) is 26.2. The van der Waals surface area contributed by atoms with Crippen molar-refractivity contribution in [3.8, 4) is 29.1 Å². The Morgan fingerprint density at radius 3 is 2.77 bits per heavy atom. The van der Waals surface area contributed by atoms with Crippen molar-refractivity contribution in [1.29, 1.82) is 5.26 Å². The number of hydrogen-bond donors (Lipinski definition) is 4. The third-order valence-corrected chi connectivity index (χ3v) is 6.44. The molecule has 0 radical (unpaired) electrons. The number of nitrogens with one attached hydrogen (secondary N) is 2. The minimum absolute atomic E-state index is 0.0136. The van der Waals surface area contributed by atoms with E-state index in [1.165, 1.54) is 7.11 Å². The van der Waals surface area contributed by atoms with Gasteiger partial charge in [-0.05, 0) is 51.3 Å². The molecule has 3 heterocycles. The lowest BCUT2D eigenvalue weighted by Crippen LogP contribution is -2.41. The van der Waals surface area contributed by atoms with Gasteiger partial charge in [-0.3, -0.25) is 0 Å². The average molecular weight is 487 g/mol. The molecule has 160 valence electrons. The zero-order chi connectivity index (χ0) is 21.7. The van der Waals surface area contributed by atoms with Crippen molar-refractivity contribution in [1.82, 2.24) is 10.9 Å². The zero-order valence-electron chi connectivity index (χ0n) is 16.4. The molecule has 0 bridgehead atoms. The van der Waals surface area contributed by atoms with E-state index in [1.54, 1.807) is 12.1 Å². The number of nitrogens with two attached hydrogens (primary N) is 1. The summed E-state index contributed by atoms with van der Waals surface area (Å²) in [4.78, 5) is 0. The topological polar surface area (TPSA) is 131 Å². The summed E-state index contributed by atoms with van der Waals surface area (Å²) in [5.74, 6) is 1.05. The standard InChI is InChI=1S/C21H19BrN4O5/c1-28-15-6-10(4-12(22)19(15)27)16-11(7-23)20(24)31-21-17(16)18(25-26-21)9-2-3-13-14(5-9)30-8-29-13/h2-6,16-18,21,25-27H,8,24H2,1H3. The molecule has 3 aliphatic heterocycles. The van der Waals surface area contributed by atoms with E-state index < -0.39 is 12.1 Å². The molecule has 0 aliphatic carbocycles. The lowest BCUT2D eigenvalue weighted by Gasteiger charge is -2.36. The van der Waals surface area contributed by atoms with Crippen molar-refractivity contribution in [2.75, 3.05) is 13.9 Å². The van der Waals surface area contributed by atoms with Crippen LogP contribution in [0.5, 0.6) is 23.0 Å². The van der Waals surface area contributed by atoms with E-state index in [9.17, 15) is 10.4 Å². The van der Waals surface area contributed by atoms with Gasteiger partial charge in [0.2, 0.25) is 12.7 Å². The molecule has 4 atom stereocenters. The fraction of sp³-hybridized carbons (Fsp3) is 0.286. The fourth-order valence-corrected chi connectivity index (χ4v) is 4.87. The number of hydrazine groups is 1. The summed E-state index contributed by atoms with van der Waals surface area (Å²) in [6.07, 6.45) is -0.476. The maximum absolute atomic E-state index is 10.3. The predicted molar refractivity (Wildman–Crippen MR) is 112 cm³/mol. The summed E-state index contributed by atoms with van der Waals surface area (Å²) in [5.41, 5.74) is 14.5. The molecular formula is C21H19BrN4O5. The van der Waals surface area contributed by atoms with E-state index in [2.05, 4.69) is 32.9 Å². The summed E-state index contributed by atoms with van der Waals surface area (Å²) >= 11 is 3.37. The number of methoxy groups -OCH3 is 1. The smallest absolute Gasteiger partial charge is 0.231 e. The van der Waals surface area contributed by atoms with E-state index in [0.717, 1.165) is 11.1 Å². The van der Waals surface area contributed by atoms with Crippen LogP contribution < -0.4 is 30.8 Å². The van der Waals surface area contributed by atoms with Gasteiger partial charge in [-0.1, -0.05) is 6.07 Å². The molecular weight excluding hydrogens is 468 g/mol. The van der Waals surface area contributed by atoms with Crippen LogP contribution in [0.1, 0.15) is 23.1 Å². The van der Waals surface area contributed by atoms with Crippen molar-refractivity contribution in [3.05, 3.63) is 57.4 Å². The monoisotopic (exact) mass is 486 g/mol. The molecule has 0 amide bonds. The van der Waals surface area contributed by atoms with Crippen molar-refractivity contribution in [3.63, 3.8) is 0 Å². The molecule has 0 spiro atoms. The van der Waals surface area contributed by atoms with Crippen LogP contribution in [-0.2, 0) is 4.74 Å². The number of rotatable bonds is 3. The number of fused-ring (bicyclic) bond motifs is 2. The van der Waals surface area contributed by atoms with Crippen LogP contribution in [0.15, 0.2) is 46.3 Å². The molecule has 1 saturated heterocycles. The summed E-state index contributed by atoms with van der Waals surface area (Å²) in [6.45, 7) is 0.187. The maximum Gasteiger partial charge on any atom is 0.231 e. The van der Waals surface area contributed by atoms with Crippen LogP contribution >= 0.6 is 15.9 Å². The average Bonchev–Trinajstić information content (AvgIpc) is 3.40. The van der Waals surface area contributed by atoms with Gasteiger partial charge in [0, 0.05) is 11.8 Å².